The van der Waals surface area contributed by atoms with Crippen molar-refractivity contribution in [1.82, 2.24) is 16.2 Å². The van der Waals surface area contributed by atoms with Crippen LogP contribution >= 0.6 is 28.1 Å². The molecule has 0 bridgehead atoms. The minimum atomic E-state index is -0.454. The minimum Gasteiger partial charge on any atom is -0.493 e. The van der Waals surface area contributed by atoms with E-state index in [1.54, 1.807) is 30.3 Å². The van der Waals surface area contributed by atoms with Gasteiger partial charge >= 0.3 is 0 Å². The highest BCUT2D eigenvalue weighted by Crippen LogP contribution is 2.26. The Morgan fingerprint density at radius 2 is 1.66 bits per heavy atom. The third-order valence-corrected chi connectivity index (χ3v) is 5.75. The molecular formula is C26H26BrN3O4S. The number of halogens is 1. The molecule has 0 saturated heterocycles. The van der Waals surface area contributed by atoms with Gasteiger partial charge in [-0.2, -0.15) is 0 Å². The van der Waals surface area contributed by atoms with E-state index in [0.717, 1.165) is 22.9 Å². The molecule has 0 heterocycles. The quantitative estimate of drug-likeness (QED) is 0.269. The first-order chi connectivity index (χ1) is 16.9. The van der Waals surface area contributed by atoms with Crippen LogP contribution in [-0.2, 0) is 17.6 Å². The molecule has 2 amide bonds. The van der Waals surface area contributed by atoms with Crippen molar-refractivity contribution in [1.29, 1.82) is 0 Å². The molecule has 0 saturated carbocycles. The van der Waals surface area contributed by atoms with Gasteiger partial charge in [0.05, 0.1) is 11.1 Å². The maximum absolute atomic E-state index is 12.4. The molecule has 7 nitrogen and oxygen atoms in total. The predicted octanol–water partition coefficient (Wildman–Crippen LogP) is 4.35. The van der Waals surface area contributed by atoms with Crippen LogP contribution in [0.2, 0.25) is 0 Å². The summed E-state index contributed by atoms with van der Waals surface area (Å²) in [6.45, 7) is 2.37. The van der Waals surface area contributed by atoms with Gasteiger partial charge < -0.3 is 9.47 Å². The Kier molecular flexibility index (Phi) is 10.1. The molecule has 0 radical (unpaired) electrons. The van der Waals surface area contributed by atoms with Crippen LogP contribution in [0.5, 0.6) is 11.5 Å². The number of nitrogens with one attached hydrogen (secondary N) is 3. The first kappa shape index (κ1) is 26.2. The molecule has 3 rings (SSSR count). The number of benzene rings is 3. The van der Waals surface area contributed by atoms with Gasteiger partial charge in [0.2, 0.25) is 0 Å². The van der Waals surface area contributed by atoms with Crippen molar-refractivity contribution in [3.05, 3.63) is 94.0 Å². The fraction of sp³-hybridized carbons (Fsp3) is 0.192. The average Bonchev–Trinajstić information content (AvgIpc) is 2.87. The highest BCUT2D eigenvalue weighted by atomic mass is 79.9. The smallest absolute Gasteiger partial charge is 0.276 e. The van der Waals surface area contributed by atoms with Crippen LogP contribution < -0.4 is 25.6 Å². The topological polar surface area (TPSA) is 88.7 Å². The van der Waals surface area contributed by atoms with Crippen LogP contribution in [0.25, 0.3) is 0 Å². The van der Waals surface area contributed by atoms with E-state index in [0.29, 0.717) is 23.7 Å². The lowest BCUT2D eigenvalue weighted by Crippen LogP contribution is -2.49. The molecule has 3 aromatic carbocycles. The third kappa shape index (κ3) is 8.70. The lowest BCUT2D eigenvalue weighted by Gasteiger charge is -2.12. The summed E-state index contributed by atoms with van der Waals surface area (Å²) in [6.07, 6.45) is 1.70. The van der Waals surface area contributed by atoms with Gasteiger partial charge in [0.15, 0.2) is 11.7 Å². The molecule has 0 aliphatic heterocycles. The summed E-state index contributed by atoms with van der Waals surface area (Å²) in [4.78, 5) is 24.4. The van der Waals surface area contributed by atoms with E-state index >= 15 is 0 Å². The molecule has 9 heteroatoms. The zero-order chi connectivity index (χ0) is 25.0. The lowest BCUT2D eigenvalue weighted by atomic mass is 10.2. The summed E-state index contributed by atoms with van der Waals surface area (Å²) in [5.74, 6) is 0.357. The Morgan fingerprint density at radius 1 is 0.914 bits per heavy atom. The number of carbonyl (C=O) groups is 2. The monoisotopic (exact) mass is 555 g/mol. The van der Waals surface area contributed by atoms with Crippen molar-refractivity contribution in [3.8, 4) is 11.5 Å². The van der Waals surface area contributed by atoms with Crippen LogP contribution in [0.4, 0.5) is 0 Å². The van der Waals surface area contributed by atoms with Gasteiger partial charge in [0.25, 0.3) is 11.8 Å². The Morgan fingerprint density at radius 3 is 2.34 bits per heavy atom. The summed E-state index contributed by atoms with van der Waals surface area (Å²) in [6, 6.07) is 22.5. The van der Waals surface area contributed by atoms with Crippen LogP contribution in [-0.4, -0.2) is 30.1 Å². The Hall–Kier alpha value is -3.43. The molecule has 182 valence electrons. The zero-order valence-corrected chi connectivity index (χ0v) is 21.6. The third-order valence-electron chi connectivity index (χ3n) is 4.92. The molecular weight excluding hydrogens is 530 g/mol. The second-order valence-corrected chi connectivity index (χ2v) is 8.73. The van der Waals surface area contributed by atoms with Crippen LogP contribution in [0, 0.1) is 0 Å². The van der Waals surface area contributed by atoms with E-state index < -0.39 is 11.8 Å². The van der Waals surface area contributed by atoms with E-state index in [4.69, 9.17) is 21.7 Å². The number of aryl methyl sites for hydroxylation is 1. The van der Waals surface area contributed by atoms with Gasteiger partial charge in [0, 0.05) is 12.0 Å². The normalized spacial score (nSPS) is 10.2. The van der Waals surface area contributed by atoms with Crippen molar-refractivity contribution in [2.75, 3.05) is 13.2 Å². The number of amides is 2. The summed E-state index contributed by atoms with van der Waals surface area (Å²) in [5, 5.41) is 2.47. The number of thiocarbonyl (C=S) groups is 1. The van der Waals surface area contributed by atoms with Gasteiger partial charge in [-0.3, -0.25) is 25.8 Å². The fourth-order valence-electron chi connectivity index (χ4n) is 3.03. The summed E-state index contributed by atoms with van der Waals surface area (Å²) in [7, 11) is 0. The minimum absolute atomic E-state index is 0.0417. The van der Waals surface area contributed by atoms with Crippen molar-refractivity contribution < 1.29 is 19.1 Å². The Labute approximate surface area is 218 Å². The summed E-state index contributed by atoms with van der Waals surface area (Å²) in [5.41, 5.74) is 7.64. The Balaban J connectivity index is 1.37. The van der Waals surface area contributed by atoms with Gasteiger partial charge in [0.1, 0.15) is 11.5 Å². The highest BCUT2D eigenvalue weighted by molar-refractivity contribution is 9.10. The number of carbonyl (C=O) groups excluding carboxylic acids is 2. The van der Waals surface area contributed by atoms with Crippen molar-refractivity contribution in [2.45, 2.75) is 19.8 Å². The molecule has 0 aromatic heterocycles. The number of rotatable bonds is 9. The zero-order valence-electron chi connectivity index (χ0n) is 19.2. The highest BCUT2D eigenvalue weighted by Gasteiger charge is 2.10. The largest absolute Gasteiger partial charge is 0.493 e. The molecule has 3 aromatic rings. The number of hydrogen-bond donors (Lipinski definition) is 3. The van der Waals surface area contributed by atoms with Gasteiger partial charge in [-0.05, 0) is 82.1 Å². The summed E-state index contributed by atoms with van der Waals surface area (Å²) >= 11 is 8.50. The van der Waals surface area contributed by atoms with Gasteiger partial charge in [-0.25, -0.2) is 0 Å². The second kappa shape index (κ2) is 13.5. The number of ether oxygens (including phenoxy) is 2. The van der Waals surface area contributed by atoms with Crippen molar-refractivity contribution in [2.24, 2.45) is 0 Å². The molecule has 3 N–H and O–H groups in total. The van der Waals surface area contributed by atoms with Crippen LogP contribution in [0.3, 0.4) is 0 Å². The maximum atomic E-state index is 12.4. The van der Waals surface area contributed by atoms with Gasteiger partial charge in [-0.15, -0.1) is 0 Å². The standard InChI is InChI=1S/C26H26BrN3O4S/c1-2-18-8-13-23(22(27)16-18)34-17-24(31)29-30-26(35)28-25(32)20-9-11-21(12-10-20)33-15-14-19-6-4-3-5-7-19/h3-13,16H,2,14-15,17H2,1H3,(H,29,31)(H2,28,30,32,35). The van der Waals surface area contributed by atoms with E-state index in [1.165, 1.54) is 5.56 Å². The van der Waals surface area contributed by atoms with Crippen LogP contribution in [0.1, 0.15) is 28.4 Å². The molecule has 0 atom stereocenters. The molecule has 0 aliphatic rings. The van der Waals surface area contributed by atoms with Crippen molar-refractivity contribution >= 4 is 45.1 Å². The van der Waals surface area contributed by atoms with Gasteiger partial charge in [-0.1, -0.05) is 43.3 Å². The second-order valence-electron chi connectivity index (χ2n) is 7.47. The molecule has 0 aliphatic carbocycles. The predicted molar refractivity (Wildman–Crippen MR) is 142 cm³/mol. The molecule has 35 heavy (non-hydrogen) atoms. The SMILES string of the molecule is CCc1ccc(OCC(=O)NNC(=S)NC(=O)c2ccc(OCCc3ccccc3)cc2)c(Br)c1. The number of hydrogen-bond acceptors (Lipinski definition) is 5. The molecule has 0 fully saturated rings. The van der Waals surface area contributed by atoms with Crippen molar-refractivity contribution in [3.63, 3.8) is 0 Å². The first-order valence-electron chi connectivity index (χ1n) is 11.0. The maximum Gasteiger partial charge on any atom is 0.276 e. The molecule has 0 unspecified atom stereocenters. The summed E-state index contributed by atoms with van der Waals surface area (Å²) < 4.78 is 12.0. The lowest BCUT2D eigenvalue weighted by molar-refractivity contribution is -0.123. The molecule has 0 spiro atoms. The fourth-order valence-corrected chi connectivity index (χ4v) is 3.71. The Bertz CT molecular complexity index is 1160. The number of hydrazine groups is 1. The van der Waals surface area contributed by atoms with Crippen LogP contribution in [0.15, 0.2) is 77.3 Å². The van der Waals surface area contributed by atoms with E-state index in [9.17, 15) is 9.59 Å². The van der Waals surface area contributed by atoms with E-state index in [1.807, 2.05) is 42.5 Å². The first-order valence-corrected chi connectivity index (χ1v) is 12.2. The average molecular weight is 556 g/mol. The van der Waals surface area contributed by atoms with E-state index in [2.05, 4.69) is 39.0 Å². The van der Waals surface area contributed by atoms with E-state index in [-0.39, 0.29) is 11.7 Å².